The van der Waals surface area contributed by atoms with Gasteiger partial charge in [0.2, 0.25) is 0 Å². The van der Waals surface area contributed by atoms with Crippen LogP contribution in [0.15, 0.2) is 45.0 Å². The lowest BCUT2D eigenvalue weighted by molar-refractivity contribution is 0.489. The maximum atomic E-state index is 6.06. The van der Waals surface area contributed by atoms with Gasteiger partial charge in [-0.3, -0.25) is 0 Å². The first-order valence-corrected chi connectivity index (χ1v) is 6.85. The Balaban J connectivity index is 1.98. The van der Waals surface area contributed by atoms with Crippen molar-refractivity contribution in [2.45, 2.75) is 10.2 Å². The number of hydrogen-bond acceptors (Lipinski definition) is 5. The molecule has 0 atom stereocenters. The number of fused-ring (bicyclic) bond motifs is 1. The summed E-state index contributed by atoms with van der Waals surface area (Å²) in [6.45, 7) is 0. The number of oxazole rings is 1. The molecule has 0 spiro atoms. The van der Waals surface area contributed by atoms with Gasteiger partial charge in [0.15, 0.2) is 5.58 Å². The number of nitrogens with two attached hydrogens (primary N) is 1. The topological polar surface area (TPSA) is 64.9 Å². The average Bonchev–Trinajstić information content (AvgIpc) is 2.78. The van der Waals surface area contributed by atoms with Crippen LogP contribution in [0.3, 0.4) is 0 Å². The standard InChI is InChI=1S/C12H7Cl2N3OS/c13-6-5-7(14)11(17-10(6)15)19-12-16-8-3-1-2-4-9(8)18-12/h1-5H,(H2,15,17). The van der Waals surface area contributed by atoms with E-state index in [0.29, 0.717) is 25.9 Å². The SMILES string of the molecule is Nc1nc(Sc2nc3ccccc3o2)c(Cl)cc1Cl. The number of para-hydroxylation sites is 2. The van der Waals surface area contributed by atoms with Gasteiger partial charge in [-0.05, 0) is 30.0 Å². The number of benzene rings is 1. The highest BCUT2D eigenvalue weighted by Gasteiger charge is 2.13. The molecule has 0 fully saturated rings. The Bertz CT molecular complexity index is 727. The van der Waals surface area contributed by atoms with E-state index in [4.69, 9.17) is 33.4 Å². The molecule has 0 aliphatic carbocycles. The Morgan fingerprint density at radius 3 is 2.68 bits per heavy atom. The normalized spacial score (nSPS) is 11.1. The number of hydrogen-bond donors (Lipinski definition) is 1. The maximum Gasteiger partial charge on any atom is 0.263 e. The fourth-order valence-electron chi connectivity index (χ4n) is 1.51. The number of pyridine rings is 1. The van der Waals surface area contributed by atoms with Crippen molar-refractivity contribution in [2.75, 3.05) is 5.73 Å². The first-order valence-electron chi connectivity index (χ1n) is 5.28. The van der Waals surface area contributed by atoms with Crippen LogP contribution in [-0.2, 0) is 0 Å². The summed E-state index contributed by atoms with van der Waals surface area (Å²) in [7, 11) is 0. The van der Waals surface area contributed by atoms with Crippen molar-refractivity contribution in [2.24, 2.45) is 0 Å². The van der Waals surface area contributed by atoms with Crippen LogP contribution in [0.1, 0.15) is 0 Å². The maximum absolute atomic E-state index is 6.06. The molecule has 2 heterocycles. The van der Waals surface area contributed by atoms with E-state index in [1.165, 1.54) is 11.8 Å². The second kappa shape index (κ2) is 4.92. The monoisotopic (exact) mass is 311 g/mol. The van der Waals surface area contributed by atoms with Crippen molar-refractivity contribution in [3.63, 3.8) is 0 Å². The number of halogens is 2. The summed E-state index contributed by atoms with van der Waals surface area (Å²) in [5.74, 6) is 0.227. The van der Waals surface area contributed by atoms with Crippen molar-refractivity contribution in [1.29, 1.82) is 0 Å². The van der Waals surface area contributed by atoms with Gasteiger partial charge in [-0.15, -0.1) is 0 Å². The average molecular weight is 312 g/mol. The molecule has 0 saturated carbocycles. The molecule has 19 heavy (non-hydrogen) atoms. The molecule has 1 aromatic carbocycles. The lowest BCUT2D eigenvalue weighted by atomic mass is 10.3. The largest absolute Gasteiger partial charge is 0.431 e. The molecule has 7 heteroatoms. The Kier molecular flexibility index (Phi) is 3.26. The highest BCUT2D eigenvalue weighted by atomic mass is 35.5. The predicted molar refractivity (Wildman–Crippen MR) is 76.8 cm³/mol. The minimum absolute atomic E-state index is 0.227. The fourth-order valence-corrected chi connectivity index (χ4v) is 2.73. The van der Waals surface area contributed by atoms with Crippen LogP contribution in [0.5, 0.6) is 0 Å². The van der Waals surface area contributed by atoms with Crippen LogP contribution in [-0.4, -0.2) is 9.97 Å². The second-order valence-corrected chi connectivity index (χ2v) is 5.45. The van der Waals surface area contributed by atoms with E-state index in [2.05, 4.69) is 9.97 Å². The van der Waals surface area contributed by atoms with E-state index < -0.39 is 0 Å². The lowest BCUT2D eigenvalue weighted by Crippen LogP contribution is -1.93. The van der Waals surface area contributed by atoms with Crippen LogP contribution in [0.2, 0.25) is 10.0 Å². The zero-order valence-electron chi connectivity index (χ0n) is 9.43. The minimum Gasteiger partial charge on any atom is -0.431 e. The van der Waals surface area contributed by atoms with Gasteiger partial charge in [-0.2, -0.15) is 0 Å². The van der Waals surface area contributed by atoms with Gasteiger partial charge >= 0.3 is 0 Å². The molecule has 3 aromatic rings. The molecule has 2 aromatic heterocycles. The second-order valence-electron chi connectivity index (χ2n) is 3.69. The summed E-state index contributed by atoms with van der Waals surface area (Å²) in [5, 5.41) is 1.70. The number of anilines is 1. The molecule has 4 nitrogen and oxygen atoms in total. The zero-order valence-corrected chi connectivity index (χ0v) is 11.8. The summed E-state index contributed by atoms with van der Waals surface area (Å²) in [4.78, 5) is 8.44. The summed E-state index contributed by atoms with van der Waals surface area (Å²) in [6.07, 6.45) is 0. The Hall–Kier alpha value is -1.43. The zero-order chi connectivity index (χ0) is 13.4. The molecule has 3 rings (SSSR count). The lowest BCUT2D eigenvalue weighted by Gasteiger charge is -2.02. The van der Waals surface area contributed by atoms with Gasteiger partial charge in [0.1, 0.15) is 16.4 Å². The molecule has 0 aliphatic heterocycles. The molecular formula is C12H7Cl2N3OS. The van der Waals surface area contributed by atoms with E-state index in [9.17, 15) is 0 Å². The van der Waals surface area contributed by atoms with Crippen LogP contribution in [0.25, 0.3) is 11.1 Å². The fraction of sp³-hybridized carbons (Fsp3) is 0. The molecule has 0 bridgehead atoms. The third kappa shape index (κ3) is 2.49. The van der Waals surface area contributed by atoms with Gasteiger partial charge in [-0.1, -0.05) is 35.3 Å². The minimum atomic E-state index is 0.227. The summed E-state index contributed by atoms with van der Waals surface area (Å²) in [5.41, 5.74) is 7.14. The molecule has 0 radical (unpaired) electrons. The van der Waals surface area contributed by atoms with Crippen molar-refractivity contribution < 1.29 is 4.42 Å². The van der Waals surface area contributed by atoms with Crippen LogP contribution >= 0.6 is 35.0 Å². The number of rotatable bonds is 2. The van der Waals surface area contributed by atoms with Crippen molar-refractivity contribution in [3.05, 3.63) is 40.4 Å². The number of nitrogen functional groups attached to an aromatic ring is 1. The number of nitrogens with zero attached hydrogens (tertiary/aromatic N) is 2. The van der Waals surface area contributed by atoms with Gasteiger partial charge in [0, 0.05) is 0 Å². The summed E-state index contributed by atoms with van der Waals surface area (Å²) < 4.78 is 5.58. The van der Waals surface area contributed by atoms with Crippen molar-refractivity contribution in [1.82, 2.24) is 9.97 Å². The molecule has 0 aliphatic rings. The van der Waals surface area contributed by atoms with Gasteiger partial charge in [-0.25, -0.2) is 9.97 Å². The third-order valence-corrected chi connectivity index (χ3v) is 3.94. The van der Waals surface area contributed by atoms with E-state index in [1.54, 1.807) is 6.07 Å². The number of aromatic nitrogens is 2. The Labute approximate surface area is 122 Å². The van der Waals surface area contributed by atoms with Gasteiger partial charge in [0.05, 0.1) is 10.0 Å². The molecule has 0 amide bonds. The van der Waals surface area contributed by atoms with Crippen molar-refractivity contribution >= 4 is 51.9 Å². The highest BCUT2D eigenvalue weighted by Crippen LogP contribution is 2.35. The third-order valence-electron chi connectivity index (χ3n) is 2.38. The summed E-state index contributed by atoms with van der Waals surface area (Å²) >= 11 is 13.1. The molecule has 2 N–H and O–H groups in total. The summed E-state index contributed by atoms with van der Waals surface area (Å²) in [6, 6.07) is 9.04. The van der Waals surface area contributed by atoms with Crippen LogP contribution in [0, 0.1) is 0 Å². The van der Waals surface area contributed by atoms with Crippen LogP contribution in [0.4, 0.5) is 5.82 Å². The van der Waals surface area contributed by atoms with E-state index in [1.807, 2.05) is 24.3 Å². The Morgan fingerprint density at radius 2 is 1.89 bits per heavy atom. The van der Waals surface area contributed by atoms with Gasteiger partial charge < -0.3 is 10.2 Å². The highest BCUT2D eigenvalue weighted by molar-refractivity contribution is 7.99. The first kappa shape index (κ1) is 12.6. The van der Waals surface area contributed by atoms with E-state index in [-0.39, 0.29) is 5.82 Å². The molecule has 0 saturated heterocycles. The molecule has 96 valence electrons. The predicted octanol–water partition coefficient (Wildman–Crippen LogP) is 4.26. The molecular weight excluding hydrogens is 305 g/mol. The van der Waals surface area contributed by atoms with E-state index in [0.717, 1.165) is 5.52 Å². The van der Waals surface area contributed by atoms with Gasteiger partial charge in [0.25, 0.3) is 5.22 Å². The quantitative estimate of drug-likeness (QED) is 0.766. The van der Waals surface area contributed by atoms with Crippen molar-refractivity contribution in [3.8, 4) is 0 Å². The van der Waals surface area contributed by atoms with E-state index >= 15 is 0 Å². The molecule has 0 unspecified atom stereocenters. The smallest absolute Gasteiger partial charge is 0.263 e. The first-order chi connectivity index (χ1) is 9.13. The van der Waals surface area contributed by atoms with Crippen LogP contribution < -0.4 is 5.73 Å². The Morgan fingerprint density at radius 1 is 1.11 bits per heavy atom.